The van der Waals surface area contributed by atoms with Crippen molar-refractivity contribution in [2.75, 3.05) is 0 Å². The van der Waals surface area contributed by atoms with Gasteiger partial charge in [0.15, 0.2) is 0 Å². The van der Waals surface area contributed by atoms with Gasteiger partial charge in [0.05, 0.1) is 6.10 Å². The molecule has 2 nitrogen and oxygen atoms in total. The van der Waals surface area contributed by atoms with Crippen molar-refractivity contribution in [2.45, 2.75) is 26.9 Å². The molecule has 1 N–H and O–H groups in total. The molecule has 1 aromatic rings. The maximum absolute atomic E-state index is 11.7. The molecule has 2 heteroatoms. The fourth-order valence-corrected chi connectivity index (χ4v) is 1.62. The van der Waals surface area contributed by atoms with Crippen molar-refractivity contribution in [3.63, 3.8) is 0 Å². The Kier molecular flexibility index (Phi) is 4.04. The van der Waals surface area contributed by atoms with E-state index in [4.69, 9.17) is 0 Å². The van der Waals surface area contributed by atoms with Crippen molar-refractivity contribution < 1.29 is 9.90 Å². The van der Waals surface area contributed by atoms with Crippen molar-refractivity contribution in [2.24, 2.45) is 11.8 Å². The van der Waals surface area contributed by atoms with Crippen LogP contribution in [0.1, 0.15) is 32.4 Å². The first-order valence-corrected chi connectivity index (χ1v) is 5.30. The molecule has 0 radical (unpaired) electrons. The van der Waals surface area contributed by atoms with Crippen molar-refractivity contribution in [3.05, 3.63) is 35.9 Å². The van der Waals surface area contributed by atoms with Crippen LogP contribution in [0.25, 0.3) is 0 Å². The standard InChI is InChI=1S/C13H18O2/c1-9(2)12(14)10(3)13(15)11-7-5-4-6-8-11/h4-10,13,15H,1-3H3/t10-,13-/m1/s1. The van der Waals surface area contributed by atoms with Crippen molar-refractivity contribution in [1.82, 2.24) is 0 Å². The lowest BCUT2D eigenvalue weighted by atomic mass is 9.89. The molecule has 0 amide bonds. The van der Waals surface area contributed by atoms with Crippen LogP contribution < -0.4 is 0 Å². The molecule has 2 atom stereocenters. The number of rotatable bonds is 4. The Balaban J connectivity index is 2.77. The topological polar surface area (TPSA) is 37.3 Å². The van der Waals surface area contributed by atoms with Gasteiger partial charge < -0.3 is 5.11 Å². The Morgan fingerprint density at radius 3 is 2.13 bits per heavy atom. The molecule has 0 heterocycles. The van der Waals surface area contributed by atoms with E-state index in [9.17, 15) is 9.90 Å². The summed E-state index contributed by atoms with van der Waals surface area (Å²) in [6.07, 6.45) is -0.693. The molecule has 0 aliphatic carbocycles. The first kappa shape index (κ1) is 11.9. The molecule has 0 bridgehead atoms. The number of benzene rings is 1. The zero-order chi connectivity index (χ0) is 11.4. The number of carbonyl (C=O) groups is 1. The lowest BCUT2D eigenvalue weighted by Crippen LogP contribution is -2.23. The third-order valence-corrected chi connectivity index (χ3v) is 2.63. The van der Waals surface area contributed by atoms with Gasteiger partial charge in [0.2, 0.25) is 0 Å². The molecule has 0 fully saturated rings. The second-order valence-corrected chi connectivity index (χ2v) is 4.20. The minimum atomic E-state index is -0.693. The zero-order valence-electron chi connectivity index (χ0n) is 9.47. The molecule has 0 saturated carbocycles. The molecule has 15 heavy (non-hydrogen) atoms. The molecule has 0 unspecified atom stereocenters. The lowest BCUT2D eigenvalue weighted by molar-refractivity contribution is -0.128. The Morgan fingerprint density at radius 1 is 1.13 bits per heavy atom. The van der Waals surface area contributed by atoms with E-state index in [0.29, 0.717) is 0 Å². The highest BCUT2D eigenvalue weighted by Crippen LogP contribution is 2.24. The van der Waals surface area contributed by atoms with Gasteiger partial charge in [-0.1, -0.05) is 51.1 Å². The highest BCUT2D eigenvalue weighted by Gasteiger charge is 2.24. The summed E-state index contributed by atoms with van der Waals surface area (Å²) in [4.78, 5) is 11.7. The Bertz CT molecular complexity index is 317. The average Bonchev–Trinajstić information content (AvgIpc) is 2.27. The minimum Gasteiger partial charge on any atom is -0.388 e. The summed E-state index contributed by atoms with van der Waals surface area (Å²) in [5.41, 5.74) is 0.805. The van der Waals surface area contributed by atoms with Gasteiger partial charge >= 0.3 is 0 Å². The summed E-state index contributed by atoms with van der Waals surface area (Å²) in [6.45, 7) is 5.49. The predicted molar refractivity (Wildman–Crippen MR) is 60.4 cm³/mol. The number of hydrogen-bond acceptors (Lipinski definition) is 2. The Labute approximate surface area is 90.9 Å². The van der Waals surface area contributed by atoms with Gasteiger partial charge in [-0.25, -0.2) is 0 Å². The minimum absolute atomic E-state index is 0.0293. The number of aliphatic hydroxyl groups excluding tert-OH is 1. The SMILES string of the molecule is CC(C)C(=O)[C@@H](C)[C@@H](O)c1ccccc1. The van der Waals surface area contributed by atoms with Crippen LogP contribution in [-0.4, -0.2) is 10.9 Å². The quantitative estimate of drug-likeness (QED) is 0.822. The largest absolute Gasteiger partial charge is 0.388 e. The summed E-state index contributed by atoms with van der Waals surface area (Å²) in [7, 11) is 0. The third kappa shape index (κ3) is 2.90. The third-order valence-electron chi connectivity index (χ3n) is 2.63. The van der Waals surface area contributed by atoms with Gasteiger partial charge in [-0.3, -0.25) is 4.79 Å². The van der Waals surface area contributed by atoms with Crippen LogP contribution in [0.3, 0.4) is 0 Å². The van der Waals surface area contributed by atoms with Crippen LogP contribution >= 0.6 is 0 Å². The summed E-state index contributed by atoms with van der Waals surface area (Å²) in [6, 6.07) is 9.31. The van der Waals surface area contributed by atoms with E-state index < -0.39 is 6.10 Å². The summed E-state index contributed by atoms with van der Waals surface area (Å²) >= 11 is 0. The van der Waals surface area contributed by atoms with E-state index in [0.717, 1.165) is 5.56 Å². The molecule has 0 aromatic heterocycles. The van der Waals surface area contributed by atoms with Crippen LogP contribution in [-0.2, 0) is 4.79 Å². The van der Waals surface area contributed by atoms with Crippen molar-refractivity contribution in [1.29, 1.82) is 0 Å². The molecule has 0 saturated heterocycles. The smallest absolute Gasteiger partial charge is 0.141 e. The normalized spacial score (nSPS) is 15.0. The van der Waals surface area contributed by atoms with Gasteiger partial charge in [-0.2, -0.15) is 0 Å². The molecule has 1 rings (SSSR count). The summed E-state index contributed by atoms with van der Waals surface area (Å²) in [5.74, 6) is -0.267. The maximum atomic E-state index is 11.7. The van der Waals surface area contributed by atoms with Crippen molar-refractivity contribution in [3.8, 4) is 0 Å². The highest BCUT2D eigenvalue weighted by molar-refractivity contribution is 5.83. The molecular weight excluding hydrogens is 188 g/mol. The highest BCUT2D eigenvalue weighted by atomic mass is 16.3. The van der Waals surface area contributed by atoms with Gasteiger partial charge in [0, 0.05) is 11.8 Å². The van der Waals surface area contributed by atoms with Crippen LogP contribution in [0.5, 0.6) is 0 Å². The number of hydrogen-bond donors (Lipinski definition) is 1. The van der Waals surface area contributed by atoms with Gasteiger partial charge in [-0.15, -0.1) is 0 Å². The van der Waals surface area contributed by atoms with Crippen molar-refractivity contribution >= 4 is 5.78 Å². The van der Waals surface area contributed by atoms with Gasteiger partial charge in [0.25, 0.3) is 0 Å². The van der Waals surface area contributed by atoms with E-state index in [1.807, 2.05) is 44.2 Å². The Hall–Kier alpha value is -1.15. The first-order chi connectivity index (χ1) is 7.04. The van der Waals surface area contributed by atoms with E-state index in [2.05, 4.69) is 0 Å². The van der Waals surface area contributed by atoms with Crippen LogP contribution in [0.2, 0.25) is 0 Å². The fraction of sp³-hybridized carbons (Fsp3) is 0.462. The maximum Gasteiger partial charge on any atom is 0.141 e. The zero-order valence-corrected chi connectivity index (χ0v) is 9.47. The molecular formula is C13H18O2. The van der Waals surface area contributed by atoms with Crippen LogP contribution in [0.15, 0.2) is 30.3 Å². The van der Waals surface area contributed by atoms with Gasteiger partial charge in [-0.05, 0) is 5.56 Å². The molecule has 0 aliphatic heterocycles. The fourth-order valence-electron chi connectivity index (χ4n) is 1.62. The summed E-state index contributed by atoms with van der Waals surface area (Å²) < 4.78 is 0. The second kappa shape index (κ2) is 5.08. The number of Topliss-reactive ketones (excluding diaryl/α,β-unsaturated/α-hetero) is 1. The lowest BCUT2D eigenvalue weighted by Gasteiger charge is -2.19. The Morgan fingerprint density at radius 2 is 1.67 bits per heavy atom. The number of carbonyl (C=O) groups excluding carboxylic acids is 1. The number of aliphatic hydroxyl groups is 1. The first-order valence-electron chi connectivity index (χ1n) is 5.30. The average molecular weight is 206 g/mol. The monoisotopic (exact) mass is 206 g/mol. The molecule has 0 aliphatic rings. The van der Waals surface area contributed by atoms with E-state index in [1.54, 1.807) is 6.92 Å². The van der Waals surface area contributed by atoms with E-state index in [-0.39, 0.29) is 17.6 Å². The molecule has 0 spiro atoms. The van der Waals surface area contributed by atoms with Crippen LogP contribution in [0, 0.1) is 11.8 Å². The predicted octanol–water partition coefficient (Wildman–Crippen LogP) is 2.58. The van der Waals surface area contributed by atoms with E-state index >= 15 is 0 Å². The number of ketones is 1. The molecule has 82 valence electrons. The summed E-state index contributed by atoms with van der Waals surface area (Å²) in [5, 5.41) is 9.99. The molecule has 1 aromatic carbocycles. The van der Waals surface area contributed by atoms with Crippen LogP contribution in [0.4, 0.5) is 0 Å². The second-order valence-electron chi connectivity index (χ2n) is 4.20. The van der Waals surface area contributed by atoms with E-state index in [1.165, 1.54) is 0 Å². The van der Waals surface area contributed by atoms with Gasteiger partial charge in [0.1, 0.15) is 5.78 Å².